The molecule has 0 atom stereocenters. The first kappa shape index (κ1) is 12.5. The lowest BCUT2D eigenvalue weighted by atomic mass is 10.2. The van der Waals surface area contributed by atoms with Crippen molar-refractivity contribution in [1.29, 1.82) is 0 Å². The SMILES string of the molecule is Cc1nc(CN(C)Cc2ccnc(Cl)c2)cs1. The van der Waals surface area contributed by atoms with Gasteiger partial charge in [-0.15, -0.1) is 11.3 Å². The van der Waals surface area contributed by atoms with E-state index >= 15 is 0 Å². The van der Waals surface area contributed by atoms with E-state index in [0.29, 0.717) is 5.15 Å². The molecule has 0 spiro atoms. The van der Waals surface area contributed by atoms with Crippen LogP contribution in [0.3, 0.4) is 0 Å². The number of nitrogens with zero attached hydrogens (tertiary/aromatic N) is 3. The fourth-order valence-electron chi connectivity index (χ4n) is 1.67. The van der Waals surface area contributed by atoms with Gasteiger partial charge in [-0.2, -0.15) is 0 Å². The predicted octanol–water partition coefficient (Wildman–Crippen LogP) is 3.13. The van der Waals surface area contributed by atoms with Crippen LogP contribution >= 0.6 is 22.9 Å². The van der Waals surface area contributed by atoms with Crippen LogP contribution in [-0.2, 0) is 13.1 Å². The van der Waals surface area contributed by atoms with Gasteiger partial charge in [0.2, 0.25) is 0 Å². The highest BCUT2D eigenvalue weighted by atomic mass is 35.5. The lowest BCUT2D eigenvalue weighted by molar-refractivity contribution is 0.315. The molecule has 0 aliphatic heterocycles. The van der Waals surface area contributed by atoms with Gasteiger partial charge in [0.15, 0.2) is 0 Å². The minimum atomic E-state index is 0.542. The third-order valence-electron chi connectivity index (χ3n) is 2.34. The largest absolute Gasteiger partial charge is 0.296 e. The highest BCUT2D eigenvalue weighted by Crippen LogP contribution is 2.13. The second-order valence-electron chi connectivity index (χ2n) is 4.02. The van der Waals surface area contributed by atoms with Crippen molar-refractivity contribution >= 4 is 22.9 Å². The molecule has 2 aromatic heterocycles. The van der Waals surface area contributed by atoms with E-state index in [-0.39, 0.29) is 0 Å². The van der Waals surface area contributed by atoms with Crippen LogP contribution in [-0.4, -0.2) is 21.9 Å². The lowest BCUT2D eigenvalue weighted by Gasteiger charge is -2.15. The summed E-state index contributed by atoms with van der Waals surface area (Å²) in [5.74, 6) is 0. The molecule has 0 unspecified atom stereocenters. The van der Waals surface area contributed by atoms with Crippen LogP contribution in [0.4, 0.5) is 0 Å². The molecule has 0 saturated carbocycles. The summed E-state index contributed by atoms with van der Waals surface area (Å²) in [7, 11) is 2.07. The zero-order valence-electron chi connectivity index (χ0n) is 9.85. The molecule has 0 fully saturated rings. The van der Waals surface area contributed by atoms with Crippen LogP contribution in [0, 0.1) is 6.92 Å². The summed E-state index contributed by atoms with van der Waals surface area (Å²) in [6.07, 6.45) is 1.73. The standard InChI is InChI=1S/C12H14ClN3S/c1-9-15-11(8-17-9)7-16(2)6-10-3-4-14-12(13)5-10/h3-5,8H,6-7H2,1-2H3. The first-order chi connectivity index (χ1) is 8.13. The molecular formula is C12H14ClN3S. The lowest BCUT2D eigenvalue weighted by Crippen LogP contribution is -2.17. The van der Waals surface area contributed by atoms with Gasteiger partial charge in [0.1, 0.15) is 5.15 Å². The van der Waals surface area contributed by atoms with Crippen molar-refractivity contribution in [2.24, 2.45) is 0 Å². The second kappa shape index (κ2) is 5.58. The number of aryl methyl sites for hydroxylation is 1. The van der Waals surface area contributed by atoms with Gasteiger partial charge in [0.05, 0.1) is 10.7 Å². The monoisotopic (exact) mass is 267 g/mol. The molecule has 0 bridgehead atoms. The number of aromatic nitrogens is 2. The van der Waals surface area contributed by atoms with Gasteiger partial charge >= 0.3 is 0 Å². The van der Waals surface area contributed by atoms with Gasteiger partial charge in [0.25, 0.3) is 0 Å². The molecule has 0 radical (unpaired) electrons. The summed E-state index contributed by atoms with van der Waals surface area (Å²) >= 11 is 7.54. The molecule has 0 aliphatic rings. The van der Waals surface area contributed by atoms with Crippen LogP contribution < -0.4 is 0 Å². The Morgan fingerprint density at radius 1 is 1.41 bits per heavy atom. The number of hydrogen-bond donors (Lipinski definition) is 0. The van der Waals surface area contributed by atoms with Gasteiger partial charge in [-0.1, -0.05) is 11.6 Å². The average Bonchev–Trinajstić information content (AvgIpc) is 2.63. The van der Waals surface area contributed by atoms with Crippen molar-refractivity contribution in [3.63, 3.8) is 0 Å². The van der Waals surface area contributed by atoms with Gasteiger partial charge in [0, 0.05) is 24.7 Å². The maximum Gasteiger partial charge on any atom is 0.129 e. The van der Waals surface area contributed by atoms with Crippen molar-refractivity contribution in [1.82, 2.24) is 14.9 Å². The van der Waals surface area contributed by atoms with E-state index in [9.17, 15) is 0 Å². The number of hydrogen-bond acceptors (Lipinski definition) is 4. The topological polar surface area (TPSA) is 29.0 Å². The van der Waals surface area contributed by atoms with Crippen molar-refractivity contribution in [2.75, 3.05) is 7.05 Å². The van der Waals surface area contributed by atoms with Gasteiger partial charge in [-0.05, 0) is 31.7 Å². The maximum absolute atomic E-state index is 5.85. The van der Waals surface area contributed by atoms with E-state index in [1.165, 1.54) is 5.56 Å². The molecule has 0 aromatic carbocycles. The third kappa shape index (κ3) is 3.77. The van der Waals surface area contributed by atoms with Crippen molar-refractivity contribution in [3.05, 3.63) is 45.1 Å². The summed E-state index contributed by atoms with van der Waals surface area (Å²) in [5.41, 5.74) is 2.29. The van der Waals surface area contributed by atoms with Crippen LogP contribution in [0.2, 0.25) is 5.15 Å². The minimum Gasteiger partial charge on any atom is -0.296 e. The molecule has 17 heavy (non-hydrogen) atoms. The van der Waals surface area contributed by atoms with Gasteiger partial charge in [-0.3, -0.25) is 4.90 Å². The Morgan fingerprint density at radius 2 is 2.24 bits per heavy atom. The fourth-order valence-corrected chi connectivity index (χ4v) is 2.47. The van der Waals surface area contributed by atoms with E-state index < -0.39 is 0 Å². The van der Waals surface area contributed by atoms with E-state index in [1.807, 2.05) is 19.1 Å². The van der Waals surface area contributed by atoms with Crippen LogP contribution in [0.15, 0.2) is 23.7 Å². The molecule has 3 nitrogen and oxygen atoms in total. The van der Waals surface area contributed by atoms with Crippen LogP contribution in [0.1, 0.15) is 16.3 Å². The summed E-state index contributed by atoms with van der Waals surface area (Å²) < 4.78 is 0. The molecule has 2 aromatic rings. The molecular weight excluding hydrogens is 254 g/mol. The number of rotatable bonds is 4. The summed E-state index contributed by atoms with van der Waals surface area (Å²) in [6.45, 7) is 3.72. The first-order valence-electron chi connectivity index (χ1n) is 5.33. The quantitative estimate of drug-likeness (QED) is 0.797. The Balaban J connectivity index is 1.95. The Bertz CT molecular complexity index is 498. The Labute approximate surface area is 110 Å². The summed E-state index contributed by atoms with van der Waals surface area (Å²) in [5, 5.41) is 3.76. The minimum absolute atomic E-state index is 0.542. The Kier molecular flexibility index (Phi) is 4.10. The van der Waals surface area contributed by atoms with Crippen LogP contribution in [0.5, 0.6) is 0 Å². The van der Waals surface area contributed by atoms with E-state index in [1.54, 1.807) is 17.5 Å². The highest BCUT2D eigenvalue weighted by Gasteiger charge is 2.05. The summed E-state index contributed by atoms with van der Waals surface area (Å²) in [6, 6.07) is 3.87. The Morgan fingerprint density at radius 3 is 2.88 bits per heavy atom. The molecule has 0 aliphatic carbocycles. The average molecular weight is 268 g/mol. The second-order valence-corrected chi connectivity index (χ2v) is 5.47. The van der Waals surface area contributed by atoms with Crippen molar-refractivity contribution in [2.45, 2.75) is 20.0 Å². The molecule has 5 heteroatoms. The van der Waals surface area contributed by atoms with Crippen molar-refractivity contribution < 1.29 is 0 Å². The number of thiazole rings is 1. The smallest absolute Gasteiger partial charge is 0.129 e. The number of pyridine rings is 1. The predicted molar refractivity (Wildman–Crippen MR) is 71.3 cm³/mol. The zero-order valence-corrected chi connectivity index (χ0v) is 11.4. The molecule has 0 amide bonds. The van der Waals surface area contributed by atoms with Gasteiger partial charge in [-0.25, -0.2) is 9.97 Å². The zero-order chi connectivity index (χ0) is 12.3. The molecule has 2 heterocycles. The Hall–Kier alpha value is -0.970. The molecule has 90 valence electrons. The van der Waals surface area contributed by atoms with Crippen molar-refractivity contribution in [3.8, 4) is 0 Å². The van der Waals surface area contributed by atoms with Gasteiger partial charge < -0.3 is 0 Å². The fraction of sp³-hybridized carbons (Fsp3) is 0.333. The third-order valence-corrected chi connectivity index (χ3v) is 3.37. The molecule has 0 saturated heterocycles. The normalized spacial score (nSPS) is 11.1. The van der Waals surface area contributed by atoms with Crippen LogP contribution in [0.25, 0.3) is 0 Å². The maximum atomic E-state index is 5.85. The van der Waals surface area contributed by atoms with E-state index in [0.717, 1.165) is 23.8 Å². The number of halogens is 1. The van der Waals surface area contributed by atoms with E-state index in [2.05, 4.69) is 27.3 Å². The summed E-state index contributed by atoms with van der Waals surface area (Å²) in [4.78, 5) is 10.6. The molecule has 2 rings (SSSR count). The van der Waals surface area contributed by atoms with E-state index in [4.69, 9.17) is 11.6 Å². The molecule has 0 N–H and O–H groups in total. The first-order valence-corrected chi connectivity index (χ1v) is 6.59. The highest BCUT2D eigenvalue weighted by molar-refractivity contribution is 7.09.